The summed E-state index contributed by atoms with van der Waals surface area (Å²) in [4.78, 5) is 14.5. The molecule has 0 unspecified atom stereocenters. The minimum Gasteiger partial charge on any atom is -0.494 e. The smallest absolute Gasteiger partial charge is 0.257 e. The number of hydrogen-bond acceptors (Lipinski definition) is 3. The highest BCUT2D eigenvalue weighted by Gasteiger charge is 2.21. The third-order valence-corrected chi connectivity index (χ3v) is 5.11. The molecule has 1 aliphatic carbocycles. The van der Waals surface area contributed by atoms with Crippen LogP contribution in [0.2, 0.25) is 0 Å². The molecule has 1 aliphatic rings. The average molecular weight is 363 g/mol. The predicted molar refractivity (Wildman–Crippen MR) is 106 cm³/mol. The number of rotatable bonds is 6. The van der Waals surface area contributed by atoms with E-state index in [1.165, 1.54) is 19.3 Å². The highest BCUT2D eigenvalue weighted by atomic mass is 32.1. The Morgan fingerprint density at radius 1 is 1.32 bits per heavy atom. The summed E-state index contributed by atoms with van der Waals surface area (Å²) >= 11 is 5.43. The van der Waals surface area contributed by atoms with Crippen molar-refractivity contribution in [2.45, 2.75) is 58.4 Å². The number of nitrogens with zero attached hydrogens (tertiary/aromatic N) is 1. The second kappa shape index (κ2) is 9.76. The van der Waals surface area contributed by atoms with Crippen molar-refractivity contribution < 1.29 is 9.53 Å². The Kier molecular flexibility index (Phi) is 7.69. The summed E-state index contributed by atoms with van der Waals surface area (Å²) in [5, 5.41) is 3.36. The van der Waals surface area contributed by atoms with Gasteiger partial charge in [-0.2, -0.15) is 0 Å². The largest absolute Gasteiger partial charge is 0.494 e. The van der Waals surface area contributed by atoms with E-state index in [0.717, 1.165) is 25.0 Å². The lowest BCUT2D eigenvalue weighted by atomic mass is 9.95. The van der Waals surface area contributed by atoms with Crippen molar-refractivity contribution in [3.8, 4) is 5.75 Å². The molecule has 25 heavy (non-hydrogen) atoms. The highest BCUT2D eigenvalue weighted by molar-refractivity contribution is 7.80. The van der Waals surface area contributed by atoms with E-state index < -0.39 is 0 Å². The molecule has 0 bridgehead atoms. The summed E-state index contributed by atoms with van der Waals surface area (Å²) < 4.78 is 5.73. The van der Waals surface area contributed by atoms with Gasteiger partial charge in [0.2, 0.25) is 0 Å². The highest BCUT2D eigenvalue weighted by Crippen LogP contribution is 2.21. The van der Waals surface area contributed by atoms with Crippen LogP contribution in [0.5, 0.6) is 5.75 Å². The molecule has 0 aliphatic heterocycles. The van der Waals surface area contributed by atoms with E-state index in [1.54, 1.807) is 12.1 Å². The van der Waals surface area contributed by atoms with Gasteiger partial charge >= 0.3 is 0 Å². The van der Waals surface area contributed by atoms with Crippen LogP contribution >= 0.6 is 12.2 Å². The SMILES string of the molecule is CC(C)CCOc1cccc(C(=O)NC(=S)N(C)C2CCCCC2)c1. The van der Waals surface area contributed by atoms with Crippen LogP contribution in [0.3, 0.4) is 0 Å². The topological polar surface area (TPSA) is 41.6 Å². The average Bonchev–Trinajstić information content (AvgIpc) is 2.61. The summed E-state index contributed by atoms with van der Waals surface area (Å²) in [5.41, 5.74) is 0.571. The number of nitrogens with one attached hydrogen (secondary N) is 1. The fraction of sp³-hybridized carbons (Fsp3) is 0.600. The zero-order valence-electron chi connectivity index (χ0n) is 15.6. The van der Waals surface area contributed by atoms with Crippen molar-refractivity contribution in [1.29, 1.82) is 0 Å². The molecular formula is C20H30N2O2S. The van der Waals surface area contributed by atoms with Crippen LogP contribution in [0, 0.1) is 5.92 Å². The number of thiocarbonyl (C=S) groups is 1. The second-order valence-electron chi connectivity index (χ2n) is 7.22. The van der Waals surface area contributed by atoms with Gasteiger partial charge < -0.3 is 9.64 Å². The predicted octanol–water partition coefficient (Wildman–Crippen LogP) is 4.39. The molecule has 5 heteroatoms. The maximum Gasteiger partial charge on any atom is 0.257 e. The van der Waals surface area contributed by atoms with E-state index in [2.05, 4.69) is 19.2 Å². The van der Waals surface area contributed by atoms with E-state index in [0.29, 0.717) is 29.2 Å². The molecule has 0 atom stereocenters. The normalized spacial score (nSPS) is 15.0. The van der Waals surface area contributed by atoms with E-state index >= 15 is 0 Å². The maximum atomic E-state index is 12.5. The fourth-order valence-electron chi connectivity index (χ4n) is 3.03. The lowest BCUT2D eigenvalue weighted by molar-refractivity contribution is 0.0971. The fourth-order valence-corrected chi connectivity index (χ4v) is 3.27. The van der Waals surface area contributed by atoms with Gasteiger partial charge in [-0.15, -0.1) is 0 Å². The zero-order chi connectivity index (χ0) is 18.2. The molecule has 1 saturated carbocycles. The summed E-state index contributed by atoms with van der Waals surface area (Å²) in [6, 6.07) is 7.72. The summed E-state index contributed by atoms with van der Waals surface area (Å²) in [7, 11) is 1.98. The molecule has 1 fully saturated rings. The Labute approximate surface area is 156 Å². The molecule has 1 N–H and O–H groups in total. The van der Waals surface area contributed by atoms with Crippen LogP contribution in [0.25, 0.3) is 0 Å². The molecule has 0 spiro atoms. The molecular weight excluding hydrogens is 332 g/mol. The van der Waals surface area contributed by atoms with Crippen LogP contribution in [-0.2, 0) is 0 Å². The lowest BCUT2D eigenvalue weighted by Gasteiger charge is -2.32. The van der Waals surface area contributed by atoms with Crippen LogP contribution in [0.15, 0.2) is 24.3 Å². The van der Waals surface area contributed by atoms with Crippen molar-refractivity contribution in [3.05, 3.63) is 29.8 Å². The lowest BCUT2D eigenvalue weighted by Crippen LogP contribution is -2.46. The zero-order valence-corrected chi connectivity index (χ0v) is 16.4. The molecule has 0 heterocycles. The minimum absolute atomic E-state index is 0.179. The number of benzene rings is 1. The molecule has 4 nitrogen and oxygen atoms in total. The third-order valence-electron chi connectivity index (χ3n) is 4.72. The van der Waals surface area contributed by atoms with E-state index in [1.807, 2.05) is 24.1 Å². The van der Waals surface area contributed by atoms with Crippen LogP contribution in [0.1, 0.15) is 62.7 Å². The Bertz CT molecular complexity index is 583. The first-order valence-corrected chi connectivity index (χ1v) is 9.69. The first-order chi connectivity index (χ1) is 12.0. The molecule has 0 aromatic heterocycles. The standard InChI is InChI=1S/C20H30N2O2S/c1-15(2)12-13-24-18-11-7-8-16(14-18)19(23)21-20(25)22(3)17-9-5-4-6-10-17/h7-8,11,14-15,17H,4-6,9-10,12-13H2,1-3H3,(H,21,23,25). The van der Waals surface area contributed by atoms with Gasteiger partial charge in [-0.05, 0) is 55.6 Å². The van der Waals surface area contributed by atoms with Gasteiger partial charge in [-0.3, -0.25) is 10.1 Å². The number of ether oxygens (including phenoxy) is 1. The van der Waals surface area contributed by atoms with E-state index in [-0.39, 0.29) is 5.91 Å². The van der Waals surface area contributed by atoms with Gasteiger partial charge in [0.15, 0.2) is 5.11 Å². The van der Waals surface area contributed by atoms with Crippen molar-refractivity contribution >= 4 is 23.2 Å². The van der Waals surface area contributed by atoms with Crippen molar-refractivity contribution in [1.82, 2.24) is 10.2 Å². The summed E-state index contributed by atoms with van der Waals surface area (Å²) in [6.45, 7) is 4.99. The van der Waals surface area contributed by atoms with Gasteiger partial charge in [0.1, 0.15) is 5.75 Å². The molecule has 138 valence electrons. The van der Waals surface area contributed by atoms with Gasteiger partial charge in [0.05, 0.1) is 6.61 Å². The van der Waals surface area contributed by atoms with E-state index in [4.69, 9.17) is 17.0 Å². The number of carbonyl (C=O) groups excluding carboxylic acids is 1. The number of carbonyl (C=O) groups is 1. The van der Waals surface area contributed by atoms with Gasteiger partial charge in [0.25, 0.3) is 5.91 Å². The van der Waals surface area contributed by atoms with Crippen molar-refractivity contribution in [2.24, 2.45) is 5.92 Å². The molecule has 1 amide bonds. The van der Waals surface area contributed by atoms with Crippen LogP contribution in [-0.4, -0.2) is 35.6 Å². The van der Waals surface area contributed by atoms with Gasteiger partial charge in [0, 0.05) is 18.7 Å². The Hall–Kier alpha value is -1.62. The Balaban J connectivity index is 1.89. The molecule has 1 aromatic rings. The minimum atomic E-state index is -0.179. The molecule has 0 radical (unpaired) electrons. The van der Waals surface area contributed by atoms with Crippen molar-refractivity contribution in [2.75, 3.05) is 13.7 Å². The summed E-state index contributed by atoms with van der Waals surface area (Å²) in [6.07, 6.45) is 7.06. The Morgan fingerprint density at radius 2 is 2.04 bits per heavy atom. The van der Waals surface area contributed by atoms with Crippen LogP contribution < -0.4 is 10.1 Å². The van der Waals surface area contributed by atoms with Gasteiger partial charge in [-0.1, -0.05) is 39.2 Å². The first-order valence-electron chi connectivity index (χ1n) is 9.28. The monoisotopic (exact) mass is 362 g/mol. The maximum absolute atomic E-state index is 12.5. The third kappa shape index (κ3) is 6.31. The first kappa shape index (κ1) is 19.7. The molecule has 1 aromatic carbocycles. The van der Waals surface area contributed by atoms with Gasteiger partial charge in [-0.25, -0.2) is 0 Å². The number of amides is 1. The summed E-state index contributed by atoms with van der Waals surface area (Å²) in [5.74, 6) is 1.14. The number of hydrogen-bond donors (Lipinski definition) is 1. The molecule has 2 rings (SSSR count). The molecule has 0 saturated heterocycles. The van der Waals surface area contributed by atoms with Crippen LogP contribution in [0.4, 0.5) is 0 Å². The Morgan fingerprint density at radius 3 is 2.72 bits per heavy atom. The van der Waals surface area contributed by atoms with E-state index in [9.17, 15) is 4.79 Å². The second-order valence-corrected chi connectivity index (χ2v) is 7.61. The van der Waals surface area contributed by atoms with Crippen molar-refractivity contribution in [3.63, 3.8) is 0 Å². The quantitative estimate of drug-likeness (QED) is 0.762.